The minimum atomic E-state index is 0.436. The van der Waals surface area contributed by atoms with E-state index in [2.05, 4.69) is 13.8 Å². The van der Waals surface area contributed by atoms with Gasteiger partial charge in [0.2, 0.25) is 0 Å². The van der Waals surface area contributed by atoms with Crippen molar-refractivity contribution in [2.45, 2.75) is 34.1 Å². The van der Waals surface area contributed by atoms with Gasteiger partial charge >= 0.3 is 0 Å². The van der Waals surface area contributed by atoms with E-state index in [1.165, 1.54) is 6.42 Å². The number of hydrogen-bond donors (Lipinski definition) is 0. The van der Waals surface area contributed by atoms with E-state index in [0.29, 0.717) is 11.1 Å². The molecule has 0 saturated heterocycles. The number of fused-ring (bicyclic) bond motifs is 1. The minimum absolute atomic E-state index is 0.436. The van der Waals surface area contributed by atoms with Gasteiger partial charge in [-0.2, -0.15) is 10.5 Å². The number of nitriles is 2. The lowest BCUT2D eigenvalue weighted by Crippen LogP contribution is -1.83. The summed E-state index contributed by atoms with van der Waals surface area (Å²) >= 11 is 0. The van der Waals surface area contributed by atoms with E-state index in [1.54, 1.807) is 12.1 Å². The van der Waals surface area contributed by atoms with Crippen molar-refractivity contribution < 1.29 is 0 Å². The minimum Gasteiger partial charge on any atom is -0.192 e. The summed E-state index contributed by atoms with van der Waals surface area (Å²) in [6.45, 7) is 8.25. The zero-order valence-electron chi connectivity index (χ0n) is 12.1. The zero-order chi connectivity index (χ0) is 14.7. The average Bonchev–Trinajstić information content (AvgIpc) is 2.48. The molecule has 2 aromatic rings. The van der Waals surface area contributed by atoms with E-state index >= 15 is 0 Å². The molecule has 98 valence electrons. The van der Waals surface area contributed by atoms with Gasteiger partial charge in [0.05, 0.1) is 11.1 Å². The van der Waals surface area contributed by atoms with Gasteiger partial charge in [0.15, 0.2) is 0 Å². The van der Waals surface area contributed by atoms with E-state index in [9.17, 15) is 0 Å². The zero-order valence-corrected chi connectivity index (χ0v) is 12.1. The van der Waals surface area contributed by atoms with Gasteiger partial charge < -0.3 is 0 Å². The Hall–Kier alpha value is -2.32. The van der Waals surface area contributed by atoms with Crippen LogP contribution >= 0.6 is 0 Å². The molecule has 0 N–H and O–H groups in total. The van der Waals surface area contributed by atoms with Crippen LogP contribution in [0.5, 0.6) is 0 Å². The number of rotatable bonds is 0. The molecular formula is C17H20N2. The second-order valence-electron chi connectivity index (χ2n) is 3.68. The number of hydrogen-bond acceptors (Lipinski definition) is 2. The van der Waals surface area contributed by atoms with E-state index in [1.807, 2.05) is 50.3 Å². The van der Waals surface area contributed by atoms with Crippen molar-refractivity contribution in [3.05, 3.63) is 47.5 Å². The van der Waals surface area contributed by atoms with Gasteiger partial charge in [0, 0.05) is 0 Å². The molecule has 0 aliphatic heterocycles. The molecule has 0 unspecified atom stereocenters. The molecule has 0 saturated carbocycles. The Labute approximate surface area is 115 Å². The lowest BCUT2D eigenvalue weighted by atomic mass is 10.0. The molecule has 0 atom stereocenters. The summed E-state index contributed by atoms with van der Waals surface area (Å²) in [4.78, 5) is 0. The lowest BCUT2D eigenvalue weighted by Gasteiger charge is -1.99. The van der Waals surface area contributed by atoms with Crippen LogP contribution in [0.3, 0.4) is 0 Å². The van der Waals surface area contributed by atoms with Gasteiger partial charge in [0.25, 0.3) is 0 Å². The van der Waals surface area contributed by atoms with Crippen LogP contribution in [0.25, 0.3) is 10.8 Å². The smallest absolute Gasteiger partial charge is 0.101 e. The number of benzene rings is 2. The maximum atomic E-state index is 8.81. The Morgan fingerprint density at radius 2 is 1.16 bits per heavy atom. The van der Waals surface area contributed by atoms with Crippen LogP contribution in [-0.4, -0.2) is 0 Å². The molecule has 0 bridgehead atoms. The Kier molecular flexibility index (Phi) is 8.50. The first-order valence-electron chi connectivity index (χ1n) is 6.59. The topological polar surface area (TPSA) is 47.6 Å². The van der Waals surface area contributed by atoms with E-state index in [-0.39, 0.29) is 0 Å². The van der Waals surface area contributed by atoms with Crippen molar-refractivity contribution in [2.24, 2.45) is 0 Å². The van der Waals surface area contributed by atoms with Crippen LogP contribution in [0.2, 0.25) is 0 Å². The van der Waals surface area contributed by atoms with Gasteiger partial charge in [-0.3, -0.25) is 0 Å². The second kappa shape index (κ2) is 9.68. The monoisotopic (exact) mass is 252 g/mol. The van der Waals surface area contributed by atoms with E-state index < -0.39 is 0 Å². The standard InChI is InChI=1S/C12H6N2.C3H8.C2H6/c13-7-11-5-9-3-1-2-4-10(9)6-12(11)8-14;1-3-2;1-2/h1-6H;3H2,1-2H3;1-2H3. The molecule has 0 aliphatic carbocycles. The first-order chi connectivity index (χ1) is 9.26. The number of nitrogens with zero attached hydrogens (tertiary/aromatic N) is 2. The normalized spacial score (nSPS) is 8.11. The average molecular weight is 252 g/mol. The third-order valence-corrected chi connectivity index (χ3v) is 2.13. The highest BCUT2D eigenvalue weighted by atomic mass is 14.3. The molecule has 0 aromatic heterocycles. The largest absolute Gasteiger partial charge is 0.192 e. The van der Waals surface area contributed by atoms with Crippen LogP contribution < -0.4 is 0 Å². The summed E-state index contributed by atoms with van der Waals surface area (Å²) in [7, 11) is 0. The van der Waals surface area contributed by atoms with Gasteiger partial charge in [-0.05, 0) is 22.9 Å². The Morgan fingerprint density at radius 1 is 0.842 bits per heavy atom. The highest BCUT2D eigenvalue weighted by Crippen LogP contribution is 2.18. The van der Waals surface area contributed by atoms with Crippen LogP contribution in [0.15, 0.2) is 36.4 Å². The fourth-order valence-corrected chi connectivity index (χ4v) is 1.43. The Morgan fingerprint density at radius 3 is 1.42 bits per heavy atom. The molecular weight excluding hydrogens is 232 g/mol. The lowest BCUT2D eigenvalue weighted by molar-refractivity contribution is 1.09. The summed E-state index contributed by atoms with van der Waals surface area (Å²) in [5.41, 5.74) is 0.873. The third kappa shape index (κ3) is 4.82. The molecule has 2 heteroatoms. The maximum Gasteiger partial charge on any atom is 0.101 e. The molecule has 0 radical (unpaired) electrons. The summed E-state index contributed by atoms with van der Waals surface area (Å²) in [5.74, 6) is 0. The molecule has 0 spiro atoms. The van der Waals surface area contributed by atoms with Gasteiger partial charge in [-0.15, -0.1) is 0 Å². The molecule has 0 fully saturated rings. The first-order valence-corrected chi connectivity index (χ1v) is 6.59. The summed E-state index contributed by atoms with van der Waals surface area (Å²) in [6, 6.07) is 15.2. The van der Waals surface area contributed by atoms with Gasteiger partial charge in [-0.25, -0.2) is 0 Å². The third-order valence-electron chi connectivity index (χ3n) is 2.13. The summed E-state index contributed by atoms with van der Waals surface area (Å²) in [5, 5.41) is 19.6. The van der Waals surface area contributed by atoms with Crippen LogP contribution in [0.1, 0.15) is 45.2 Å². The van der Waals surface area contributed by atoms with Crippen LogP contribution in [0.4, 0.5) is 0 Å². The van der Waals surface area contributed by atoms with Crippen molar-refractivity contribution in [1.82, 2.24) is 0 Å². The van der Waals surface area contributed by atoms with Crippen molar-refractivity contribution in [2.75, 3.05) is 0 Å². The molecule has 19 heavy (non-hydrogen) atoms. The highest BCUT2D eigenvalue weighted by molar-refractivity contribution is 5.85. The first kappa shape index (κ1) is 16.7. The van der Waals surface area contributed by atoms with Gasteiger partial charge in [0.1, 0.15) is 12.1 Å². The summed E-state index contributed by atoms with van der Waals surface area (Å²) < 4.78 is 0. The fraction of sp³-hybridized carbons (Fsp3) is 0.294. The second-order valence-corrected chi connectivity index (χ2v) is 3.68. The highest BCUT2D eigenvalue weighted by Gasteiger charge is 2.02. The van der Waals surface area contributed by atoms with Crippen molar-refractivity contribution in [1.29, 1.82) is 10.5 Å². The molecule has 2 rings (SSSR count). The van der Waals surface area contributed by atoms with Crippen LogP contribution in [0, 0.1) is 22.7 Å². The van der Waals surface area contributed by atoms with E-state index in [0.717, 1.165) is 10.8 Å². The fourth-order valence-electron chi connectivity index (χ4n) is 1.43. The quantitative estimate of drug-likeness (QED) is 0.660. The van der Waals surface area contributed by atoms with Crippen molar-refractivity contribution in [3.63, 3.8) is 0 Å². The SMILES string of the molecule is CC.CCC.N#Cc1cc2ccccc2cc1C#N. The predicted molar refractivity (Wildman–Crippen MR) is 80.7 cm³/mol. The Bertz CT molecular complexity index is 534. The van der Waals surface area contributed by atoms with Crippen LogP contribution in [-0.2, 0) is 0 Å². The van der Waals surface area contributed by atoms with E-state index in [4.69, 9.17) is 10.5 Å². The molecule has 0 amide bonds. The Balaban J connectivity index is 0.000000573. The molecule has 0 heterocycles. The summed E-state index contributed by atoms with van der Waals surface area (Å²) in [6.07, 6.45) is 1.25. The predicted octanol–water partition coefficient (Wildman–Crippen LogP) is 5.03. The molecule has 2 aromatic carbocycles. The maximum absolute atomic E-state index is 8.81. The molecule has 2 nitrogen and oxygen atoms in total. The van der Waals surface area contributed by atoms with Crippen molar-refractivity contribution in [3.8, 4) is 12.1 Å². The molecule has 0 aliphatic rings. The van der Waals surface area contributed by atoms with Gasteiger partial charge in [-0.1, -0.05) is 58.4 Å². The van der Waals surface area contributed by atoms with Crippen molar-refractivity contribution >= 4 is 10.8 Å².